The molecule has 0 bridgehead atoms. The SMILES string of the molecule is CC1(C)C=C2NC(=O)C[C@@H](C(=O)Nc3ccc(F)cc3)[C@H]2C(=O)C1. The maximum Gasteiger partial charge on any atom is 0.229 e. The molecule has 1 saturated heterocycles. The zero-order chi connectivity index (χ0) is 17.5. The second kappa shape index (κ2) is 5.85. The van der Waals surface area contributed by atoms with Crippen LogP contribution in [0.4, 0.5) is 10.1 Å². The van der Waals surface area contributed by atoms with Gasteiger partial charge in [0.25, 0.3) is 0 Å². The van der Waals surface area contributed by atoms with Crippen molar-refractivity contribution in [2.75, 3.05) is 5.32 Å². The molecule has 24 heavy (non-hydrogen) atoms. The number of fused-ring (bicyclic) bond motifs is 1. The Balaban J connectivity index is 1.86. The molecule has 0 aromatic heterocycles. The van der Waals surface area contributed by atoms with Crippen molar-refractivity contribution in [3.05, 3.63) is 41.9 Å². The number of piperidine rings is 1. The molecule has 2 amide bonds. The molecule has 1 aliphatic heterocycles. The minimum Gasteiger partial charge on any atom is -0.329 e. The molecule has 126 valence electrons. The van der Waals surface area contributed by atoms with Crippen molar-refractivity contribution in [2.45, 2.75) is 26.7 Å². The number of carbonyl (C=O) groups excluding carboxylic acids is 3. The maximum atomic E-state index is 13.0. The second-order valence-electron chi connectivity index (χ2n) is 7.06. The first-order chi connectivity index (χ1) is 11.2. The Morgan fingerprint density at radius 1 is 1.25 bits per heavy atom. The Hall–Kier alpha value is -2.50. The summed E-state index contributed by atoms with van der Waals surface area (Å²) in [5, 5.41) is 5.40. The summed E-state index contributed by atoms with van der Waals surface area (Å²) in [7, 11) is 0. The van der Waals surface area contributed by atoms with Gasteiger partial charge in [0.15, 0.2) is 0 Å². The molecule has 0 spiro atoms. The topological polar surface area (TPSA) is 75.3 Å². The molecule has 0 radical (unpaired) electrons. The average Bonchev–Trinajstić information content (AvgIpc) is 2.46. The van der Waals surface area contributed by atoms with Gasteiger partial charge in [0, 0.05) is 24.2 Å². The van der Waals surface area contributed by atoms with Crippen LogP contribution in [0.2, 0.25) is 0 Å². The zero-order valence-corrected chi connectivity index (χ0v) is 13.6. The van der Waals surface area contributed by atoms with Crippen LogP contribution in [0.5, 0.6) is 0 Å². The zero-order valence-electron chi connectivity index (χ0n) is 13.6. The number of rotatable bonds is 2. The first kappa shape index (κ1) is 16.4. The first-order valence-corrected chi connectivity index (χ1v) is 7.87. The van der Waals surface area contributed by atoms with Crippen molar-refractivity contribution in [2.24, 2.45) is 17.3 Å². The van der Waals surface area contributed by atoms with Crippen LogP contribution >= 0.6 is 0 Å². The molecule has 2 aliphatic rings. The summed E-state index contributed by atoms with van der Waals surface area (Å²) in [4.78, 5) is 37.1. The van der Waals surface area contributed by atoms with E-state index < -0.39 is 23.6 Å². The number of amides is 2. The van der Waals surface area contributed by atoms with E-state index in [0.717, 1.165) is 0 Å². The van der Waals surface area contributed by atoms with Crippen molar-refractivity contribution in [3.8, 4) is 0 Å². The fourth-order valence-corrected chi connectivity index (χ4v) is 3.39. The largest absolute Gasteiger partial charge is 0.329 e. The maximum absolute atomic E-state index is 13.0. The Labute approximate surface area is 139 Å². The third-order valence-electron chi connectivity index (χ3n) is 4.40. The Morgan fingerprint density at radius 3 is 2.58 bits per heavy atom. The first-order valence-electron chi connectivity index (χ1n) is 7.87. The van der Waals surface area contributed by atoms with E-state index in [-0.39, 0.29) is 23.5 Å². The summed E-state index contributed by atoms with van der Waals surface area (Å²) in [6, 6.07) is 5.36. The van der Waals surface area contributed by atoms with Gasteiger partial charge in [-0.15, -0.1) is 0 Å². The lowest BCUT2D eigenvalue weighted by Gasteiger charge is -2.38. The van der Waals surface area contributed by atoms with Gasteiger partial charge in [-0.05, 0) is 29.7 Å². The number of hydrogen-bond donors (Lipinski definition) is 2. The number of allylic oxidation sites excluding steroid dienone is 2. The summed E-state index contributed by atoms with van der Waals surface area (Å²) in [5.41, 5.74) is 0.610. The van der Waals surface area contributed by atoms with Gasteiger partial charge in [-0.2, -0.15) is 0 Å². The average molecular weight is 330 g/mol. The Bertz CT molecular complexity index is 737. The third kappa shape index (κ3) is 3.22. The van der Waals surface area contributed by atoms with Gasteiger partial charge < -0.3 is 10.6 Å². The Morgan fingerprint density at radius 2 is 1.92 bits per heavy atom. The summed E-state index contributed by atoms with van der Waals surface area (Å²) < 4.78 is 13.0. The van der Waals surface area contributed by atoms with Crippen molar-refractivity contribution in [3.63, 3.8) is 0 Å². The molecule has 1 fully saturated rings. The van der Waals surface area contributed by atoms with Gasteiger partial charge in [0.1, 0.15) is 11.6 Å². The number of ketones is 1. The van der Waals surface area contributed by atoms with E-state index in [4.69, 9.17) is 0 Å². The van der Waals surface area contributed by atoms with Crippen molar-refractivity contribution >= 4 is 23.3 Å². The fraction of sp³-hybridized carbons (Fsp3) is 0.389. The van der Waals surface area contributed by atoms with Gasteiger partial charge >= 0.3 is 0 Å². The monoisotopic (exact) mass is 330 g/mol. The van der Waals surface area contributed by atoms with Crippen LogP contribution in [0.1, 0.15) is 26.7 Å². The molecule has 1 aromatic carbocycles. The summed E-state index contributed by atoms with van der Waals surface area (Å²) in [6.07, 6.45) is 2.16. The number of anilines is 1. The number of Topliss-reactive ketones (excluding diaryl/α,β-unsaturated/α-hetero) is 1. The highest BCUT2D eigenvalue weighted by Gasteiger charge is 2.45. The van der Waals surface area contributed by atoms with E-state index >= 15 is 0 Å². The van der Waals surface area contributed by atoms with Crippen molar-refractivity contribution in [1.29, 1.82) is 0 Å². The van der Waals surface area contributed by atoms with Crippen molar-refractivity contribution < 1.29 is 18.8 Å². The van der Waals surface area contributed by atoms with Crippen LogP contribution < -0.4 is 10.6 Å². The third-order valence-corrected chi connectivity index (χ3v) is 4.40. The number of hydrogen-bond acceptors (Lipinski definition) is 3. The molecular formula is C18H19FN2O3. The number of nitrogens with one attached hydrogen (secondary N) is 2. The Kier molecular flexibility index (Phi) is 3.99. The molecule has 0 unspecified atom stereocenters. The van der Waals surface area contributed by atoms with Gasteiger partial charge in [-0.25, -0.2) is 4.39 Å². The summed E-state index contributed by atoms with van der Waals surface area (Å²) in [5.74, 6) is -2.51. The number of halogens is 1. The highest BCUT2D eigenvalue weighted by atomic mass is 19.1. The summed E-state index contributed by atoms with van der Waals surface area (Å²) >= 11 is 0. The minimum atomic E-state index is -0.751. The van der Waals surface area contributed by atoms with Crippen LogP contribution in [0.3, 0.4) is 0 Å². The van der Waals surface area contributed by atoms with Crippen LogP contribution in [0.25, 0.3) is 0 Å². The molecule has 2 atom stereocenters. The molecule has 1 aliphatic carbocycles. The van der Waals surface area contributed by atoms with Crippen LogP contribution in [-0.2, 0) is 14.4 Å². The minimum absolute atomic E-state index is 0.0405. The predicted octanol–water partition coefficient (Wildman–Crippen LogP) is 2.40. The van der Waals surface area contributed by atoms with Crippen LogP contribution in [0, 0.1) is 23.1 Å². The fourth-order valence-electron chi connectivity index (χ4n) is 3.39. The van der Waals surface area contributed by atoms with Gasteiger partial charge in [-0.1, -0.05) is 19.9 Å². The molecule has 1 aromatic rings. The smallest absolute Gasteiger partial charge is 0.229 e. The van der Waals surface area contributed by atoms with Gasteiger partial charge in [0.05, 0.1) is 11.8 Å². The van der Waals surface area contributed by atoms with E-state index in [1.165, 1.54) is 24.3 Å². The van der Waals surface area contributed by atoms with Crippen LogP contribution in [0.15, 0.2) is 36.0 Å². The lowest BCUT2D eigenvalue weighted by atomic mass is 9.69. The molecule has 1 heterocycles. The molecule has 3 rings (SSSR count). The lowest BCUT2D eigenvalue weighted by Crippen LogP contribution is -2.49. The predicted molar refractivity (Wildman–Crippen MR) is 86.3 cm³/mol. The quantitative estimate of drug-likeness (QED) is 0.874. The standard InChI is InChI=1S/C18H19FN2O3/c1-18(2)8-13-16(14(22)9-18)12(7-15(23)21-13)17(24)20-11-5-3-10(19)4-6-11/h3-6,8,12,16H,7,9H2,1-2H3,(H,20,24)(H,21,23)/t12-,16-/m1/s1. The van der Waals surface area contributed by atoms with Crippen molar-refractivity contribution in [1.82, 2.24) is 5.32 Å². The normalized spacial score (nSPS) is 25.4. The van der Waals surface area contributed by atoms with E-state index in [1.807, 2.05) is 19.9 Å². The molecule has 5 nitrogen and oxygen atoms in total. The van der Waals surface area contributed by atoms with E-state index in [2.05, 4.69) is 10.6 Å². The molecule has 0 saturated carbocycles. The second-order valence-corrected chi connectivity index (χ2v) is 7.06. The molecular weight excluding hydrogens is 311 g/mol. The lowest BCUT2D eigenvalue weighted by molar-refractivity contribution is -0.136. The highest BCUT2D eigenvalue weighted by Crippen LogP contribution is 2.40. The van der Waals surface area contributed by atoms with Gasteiger partial charge in [-0.3, -0.25) is 14.4 Å². The number of benzene rings is 1. The number of carbonyl (C=O) groups is 3. The van der Waals surface area contributed by atoms with E-state index in [1.54, 1.807) is 0 Å². The summed E-state index contributed by atoms with van der Waals surface area (Å²) in [6.45, 7) is 3.84. The van der Waals surface area contributed by atoms with E-state index in [0.29, 0.717) is 17.8 Å². The highest BCUT2D eigenvalue weighted by molar-refractivity contribution is 6.02. The van der Waals surface area contributed by atoms with Gasteiger partial charge in [0.2, 0.25) is 11.8 Å². The molecule has 6 heteroatoms. The van der Waals surface area contributed by atoms with Crippen LogP contribution in [-0.4, -0.2) is 17.6 Å². The van der Waals surface area contributed by atoms with E-state index in [9.17, 15) is 18.8 Å². The molecule has 2 N–H and O–H groups in total.